The monoisotopic (exact) mass is 1110 g/mol. The number of hydrogen-bond acceptors (Lipinski definition) is 6. The van der Waals surface area contributed by atoms with E-state index in [9.17, 15) is 14.4 Å². The highest BCUT2D eigenvalue weighted by Gasteiger charge is 2.19. The van der Waals surface area contributed by atoms with E-state index in [0.717, 1.165) is 70.6 Å². The molecule has 0 aromatic carbocycles. The molecule has 0 saturated carbocycles. The molecule has 0 aliphatic heterocycles. The standard InChI is InChI=1S/C73H136O6/c1-4-7-10-13-16-19-22-25-27-29-30-31-32-33-34-35-36-37-38-39-40-41-42-44-45-48-51-54-57-60-63-66-72(75)78-69-70(68-77-71(74)65-62-59-56-53-50-47-24-21-18-15-12-9-6-3)79-73(76)67-64-61-58-55-52-49-46-43-28-26-23-20-17-14-11-8-5-2/h21-22,24-25,29-30,70H,4-20,23,26-28,31-69H2,1-3H3/b24-21-,25-22-,30-29-. The Hall–Kier alpha value is -2.37. The maximum atomic E-state index is 12.9. The maximum absolute atomic E-state index is 12.9. The number of ether oxygens (including phenoxy) is 3. The Labute approximate surface area is 493 Å². The summed E-state index contributed by atoms with van der Waals surface area (Å²) < 4.78 is 17.0. The molecule has 0 bridgehead atoms. The number of allylic oxidation sites excluding steroid dienone is 6. The van der Waals surface area contributed by atoms with Crippen molar-refractivity contribution in [3.05, 3.63) is 36.5 Å². The topological polar surface area (TPSA) is 78.9 Å². The van der Waals surface area contributed by atoms with Crippen LogP contribution in [0, 0.1) is 0 Å². The van der Waals surface area contributed by atoms with Gasteiger partial charge in [-0.15, -0.1) is 0 Å². The van der Waals surface area contributed by atoms with Gasteiger partial charge in [0.2, 0.25) is 0 Å². The van der Waals surface area contributed by atoms with Gasteiger partial charge in [0, 0.05) is 19.3 Å². The summed E-state index contributed by atoms with van der Waals surface area (Å²) in [6, 6.07) is 0. The van der Waals surface area contributed by atoms with Crippen LogP contribution >= 0.6 is 0 Å². The van der Waals surface area contributed by atoms with Crippen LogP contribution in [0.3, 0.4) is 0 Å². The fourth-order valence-corrected chi connectivity index (χ4v) is 10.8. The third-order valence-electron chi connectivity index (χ3n) is 16.1. The summed E-state index contributed by atoms with van der Waals surface area (Å²) in [4.78, 5) is 38.4. The first-order chi connectivity index (χ1) is 39.0. The highest BCUT2D eigenvalue weighted by molar-refractivity contribution is 5.71. The van der Waals surface area contributed by atoms with Gasteiger partial charge in [-0.2, -0.15) is 0 Å². The average Bonchev–Trinajstić information content (AvgIpc) is 3.45. The van der Waals surface area contributed by atoms with Crippen molar-refractivity contribution < 1.29 is 28.6 Å². The highest BCUT2D eigenvalue weighted by Crippen LogP contribution is 2.18. The number of rotatable bonds is 66. The Morgan fingerprint density at radius 2 is 0.456 bits per heavy atom. The first kappa shape index (κ1) is 76.6. The summed E-state index contributed by atoms with van der Waals surface area (Å²) in [7, 11) is 0. The van der Waals surface area contributed by atoms with Crippen molar-refractivity contribution in [1.29, 1.82) is 0 Å². The number of unbranched alkanes of at least 4 members (excludes halogenated alkanes) is 49. The van der Waals surface area contributed by atoms with Crippen molar-refractivity contribution in [1.82, 2.24) is 0 Å². The van der Waals surface area contributed by atoms with Crippen LogP contribution in [0.4, 0.5) is 0 Å². The zero-order valence-electron chi connectivity index (χ0n) is 53.4. The highest BCUT2D eigenvalue weighted by atomic mass is 16.6. The molecule has 1 atom stereocenters. The lowest BCUT2D eigenvalue weighted by Crippen LogP contribution is -2.30. The lowest BCUT2D eigenvalue weighted by molar-refractivity contribution is -0.167. The Morgan fingerprint density at radius 3 is 0.722 bits per heavy atom. The van der Waals surface area contributed by atoms with Crippen LogP contribution in [0.25, 0.3) is 0 Å². The van der Waals surface area contributed by atoms with Crippen LogP contribution in [0.2, 0.25) is 0 Å². The van der Waals surface area contributed by atoms with Crippen LogP contribution in [0.5, 0.6) is 0 Å². The van der Waals surface area contributed by atoms with E-state index in [1.54, 1.807) is 0 Å². The SMILES string of the molecule is CCCCCC/C=C\CCCCCCCC(=O)OCC(COC(=O)CCCCCCCCCCCCCCCCCCCCC/C=C\C/C=C\CCCCCCC)OC(=O)CCCCCCCCCCCCCCCCCCC. The molecule has 1 unspecified atom stereocenters. The first-order valence-corrected chi connectivity index (χ1v) is 35.5. The third-order valence-corrected chi connectivity index (χ3v) is 16.1. The average molecular weight is 1110 g/mol. The molecule has 0 fully saturated rings. The predicted octanol–water partition coefficient (Wildman–Crippen LogP) is 24.3. The maximum Gasteiger partial charge on any atom is 0.306 e. The molecule has 6 heteroatoms. The zero-order valence-corrected chi connectivity index (χ0v) is 53.4. The summed E-state index contributed by atoms with van der Waals surface area (Å²) in [6.07, 6.45) is 84.7. The van der Waals surface area contributed by atoms with Crippen molar-refractivity contribution in [2.24, 2.45) is 0 Å². The Balaban J connectivity index is 4.14. The van der Waals surface area contributed by atoms with Gasteiger partial charge in [-0.3, -0.25) is 14.4 Å². The molecule has 0 heterocycles. The molecule has 0 amide bonds. The van der Waals surface area contributed by atoms with E-state index in [0.29, 0.717) is 19.3 Å². The van der Waals surface area contributed by atoms with Gasteiger partial charge in [-0.1, -0.05) is 333 Å². The summed E-state index contributed by atoms with van der Waals surface area (Å²) in [5.74, 6) is -0.848. The normalized spacial score (nSPS) is 12.2. The van der Waals surface area contributed by atoms with E-state index < -0.39 is 6.10 Å². The second-order valence-corrected chi connectivity index (χ2v) is 24.1. The molecule has 0 rings (SSSR count). The van der Waals surface area contributed by atoms with E-state index in [2.05, 4.69) is 57.2 Å². The lowest BCUT2D eigenvalue weighted by Gasteiger charge is -2.18. The Kier molecular flexibility index (Phi) is 66.1. The van der Waals surface area contributed by atoms with Gasteiger partial charge in [0.25, 0.3) is 0 Å². The van der Waals surface area contributed by atoms with Crippen LogP contribution in [0.15, 0.2) is 36.5 Å². The summed E-state index contributed by atoms with van der Waals surface area (Å²) in [5, 5.41) is 0. The Bertz CT molecular complexity index is 1320. The number of hydrogen-bond donors (Lipinski definition) is 0. The molecule has 0 aromatic heterocycles. The smallest absolute Gasteiger partial charge is 0.306 e. The largest absolute Gasteiger partial charge is 0.462 e. The second kappa shape index (κ2) is 68.1. The second-order valence-electron chi connectivity index (χ2n) is 24.1. The molecule has 79 heavy (non-hydrogen) atoms. The fraction of sp³-hybridized carbons (Fsp3) is 0.877. The molecule has 464 valence electrons. The van der Waals surface area contributed by atoms with Crippen molar-refractivity contribution in [3.8, 4) is 0 Å². The molecule has 0 N–H and O–H groups in total. The minimum atomic E-state index is -0.772. The molecule has 6 nitrogen and oxygen atoms in total. The van der Waals surface area contributed by atoms with E-state index in [1.165, 1.54) is 283 Å². The van der Waals surface area contributed by atoms with Gasteiger partial charge in [-0.25, -0.2) is 0 Å². The minimum Gasteiger partial charge on any atom is -0.462 e. The van der Waals surface area contributed by atoms with E-state index in [-0.39, 0.29) is 31.1 Å². The summed E-state index contributed by atoms with van der Waals surface area (Å²) in [5.41, 5.74) is 0. The molecular weight excluding hydrogens is 973 g/mol. The van der Waals surface area contributed by atoms with Gasteiger partial charge in [-0.05, 0) is 77.0 Å². The van der Waals surface area contributed by atoms with Crippen LogP contribution in [-0.4, -0.2) is 37.2 Å². The lowest BCUT2D eigenvalue weighted by atomic mass is 10.0. The number of carbonyl (C=O) groups is 3. The van der Waals surface area contributed by atoms with Crippen LogP contribution < -0.4 is 0 Å². The van der Waals surface area contributed by atoms with Gasteiger partial charge >= 0.3 is 17.9 Å². The van der Waals surface area contributed by atoms with E-state index in [1.807, 2.05) is 0 Å². The fourth-order valence-electron chi connectivity index (χ4n) is 10.8. The molecule has 0 radical (unpaired) electrons. The molecule has 0 aromatic rings. The molecule has 0 spiro atoms. The molecule has 0 saturated heterocycles. The first-order valence-electron chi connectivity index (χ1n) is 35.5. The van der Waals surface area contributed by atoms with E-state index >= 15 is 0 Å². The van der Waals surface area contributed by atoms with Gasteiger partial charge in [0.15, 0.2) is 6.10 Å². The quantitative estimate of drug-likeness (QED) is 0.0261. The minimum absolute atomic E-state index is 0.0685. The van der Waals surface area contributed by atoms with E-state index in [4.69, 9.17) is 14.2 Å². The van der Waals surface area contributed by atoms with Gasteiger partial charge < -0.3 is 14.2 Å². The predicted molar refractivity (Wildman–Crippen MR) is 344 cm³/mol. The van der Waals surface area contributed by atoms with Crippen LogP contribution in [0.1, 0.15) is 393 Å². The number of carbonyl (C=O) groups excluding carboxylic acids is 3. The van der Waals surface area contributed by atoms with Gasteiger partial charge in [0.1, 0.15) is 13.2 Å². The van der Waals surface area contributed by atoms with Crippen LogP contribution in [-0.2, 0) is 28.6 Å². The third kappa shape index (κ3) is 66.3. The molecular formula is C73H136O6. The van der Waals surface area contributed by atoms with Crippen molar-refractivity contribution in [2.75, 3.05) is 13.2 Å². The summed E-state index contributed by atoms with van der Waals surface area (Å²) in [6.45, 7) is 6.68. The van der Waals surface area contributed by atoms with Crippen molar-refractivity contribution in [2.45, 2.75) is 399 Å². The van der Waals surface area contributed by atoms with Crippen molar-refractivity contribution >= 4 is 17.9 Å². The number of esters is 3. The van der Waals surface area contributed by atoms with Crippen molar-refractivity contribution in [3.63, 3.8) is 0 Å². The Morgan fingerprint density at radius 1 is 0.253 bits per heavy atom. The zero-order chi connectivity index (χ0) is 57.1. The molecule has 0 aliphatic carbocycles. The van der Waals surface area contributed by atoms with Gasteiger partial charge in [0.05, 0.1) is 0 Å². The summed E-state index contributed by atoms with van der Waals surface area (Å²) >= 11 is 0. The molecule has 0 aliphatic rings.